The van der Waals surface area contributed by atoms with E-state index in [1.165, 1.54) is 0 Å². The summed E-state index contributed by atoms with van der Waals surface area (Å²) < 4.78 is 9.15. The number of rotatable bonds is 9. The number of fused-ring (bicyclic) bond motifs is 1. The predicted octanol–water partition coefficient (Wildman–Crippen LogP) is 4.71. The van der Waals surface area contributed by atoms with Crippen LogP contribution < -0.4 is 16.2 Å². The number of anilines is 3. The summed E-state index contributed by atoms with van der Waals surface area (Å²) in [6.07, 6.45) is 3.23. The Labute approximate surface area is 240 Å². The predicted molar refractivity (Wildman–Crippen MR) is 159 cm³/mol. The van der Waals surface area contributed by atoms with Crippen molar-refractivity contribution in [3.05, 3.63) is 95.0 Å². The molecule has 6 rings (SSSR count). The van der Waals surface area contributed by atoms with Crippen LogP contribution in [0.1, 0.15) is 31.5 Å². The van der Waals surface area contributed by atoms with Crippen molar-refractivity contribution in [2.24, 2.45) is 7.05 Å². The quantitative estimate of drug-likeness (QED) is 0.226. The molecule has 4 heterocycles. The van der Waals surface area contributed by atoms with E-state index in [4.69, 9.17) is 9.51 Å². The summed E-state index contributed by atoms with van der Waals surface area (Å²) in [6, 6.07) is 20.1. The number of hydrogen-bond acceptors (Lipinski definition) is 10. The number of benzene rings is 2. The fraction of sp³-hybridized carbons (Fsp3) is 0.200. The molecule has 3 N–H and O–H groups in total. The maximum absolute atomic E-state index is 12.7. The van der Waals surface area contributed by atoms with E-state index in [1.807, 2.05) is 73.1 Å². The standard InChI is InChI=1S/C30H29N9O3/c1-18(2)39-25-15-20(12-13-21(25)29(41)38(39)3)33-30-32-16-22(28-35-27(37-42-28)23-11-7-8-14-31-23)26(36-30)34-24(17-40)19-9-5-4-6-10-19/h4-16,18,24,40H,17H2,1-3H3,(H2,32,33,34,36)/t24-/m1/s1. The molecular formula is C30H29N9O3. The molecule has 12 heteroatoms. The van der Waals surface area contributed by atoms with E-state index in [0.29, 0.717) is 39.9 Å². The largest absolute Gasteiger partial charge is 0.394 e. The van der Waals surface area contributed by atoms with E-state index in [9.17, 15) is 9.90 Å². The molecule has 0 spiro atoms. The van der Waals surface area contributed by atoms with Crippen molar-refractivity contribution in [1.29, 1.82) is 0 Å². The Morgan fingerprint density at radius 2 is 1.81 bits per heavy atom. The lowest BCUT2D eigenvalue weighted by molar-refractivity contribution is 0.276. The molecular weight excluding hydrogens is 534 g/mol. The summed E-state index contributed by atoms with van der Waals surface area (Å²) in [5.74, 6) is 1.20. The van der Waals surface area contributed by atoms with Gasteiger partial charge in [-0.1, -0.05) is 41.6 Å². The normalized spacial score (nSPS) is 12.1. The molecule has 2 aromatic carbocycles. The molecule has 1 atom stereocenters. The van der Waals surface area contributed by atoms with Gasteiger partial charge in [-0.05, 0) is 49.7 Å². The number of pyridine rings is 1. The third-order valence-electron chi connectivity index (χ3n) is 6.87. The first-order valence-electron chi connectivity index (χ1n) is 13.5. The van der Waals surface area contributed by atoms with Gasteiger partial charge >= 0.3 is 0 Å². The van der Waals surface area contributed by atoms with Crippen LogP contribution in [0.4, 0.5) is 17.5 Å². The molecule has 6 aromatic rings. The van der Waals surface area contributed by atoms with Gasteiger partial charge in [0.25, 0.3) is 11.4 Å². The van der Waals surface area contributed by atoms with Gasteiger partial charge in [0.05, 0.1) is 23.6 Å². The van der Waals surface area contributed by atoms with Crippen LogP contribution in [0.5, 0.6) is 0 Å². The third kappa shape index (κ3) is 5.10. The average Bonchev–Trinajstić information content (AvgIpc) is 3.60. The molecule has 0 radical (unpaired) electrons. The van der Waals surface area contributed by atoms with Crippen LogP contribution in [-0.4, -0.2) is 46.2 Å². The molecule has 0 fully saturated rings. The van der Waals surface area contributed by atoms with E-state index >= 15 is 0 Å². The van der Waals surface area contributed by atoms with Crippen molar-refractivity contribution in [3.8, 4) is 23.0 Å². The summed E-state index contributed by atoms with van der Waals surface area (Å²) in [6.45, 7) is 3.87. The van der Waals surface area contributed by atoms with Gasteiger partial charge in [0.1, 0.15) is 17.1 Å². The smallest absolute Gasteiger partial charge is 0.274 e. The van der Waals surface area contributed by atoms with Crippen molar-refractivity contribution in [1.82, 2.24) is 34.5 Å². The zero-order chi connectivity index (χ0) is 29.2. The molecule has 0 unspecified atom stereocenters. The van der Waals surface area contributed by atoms with Gasteiger partial charge in [0.2, 0.25) is 11.8 Å². The van der Waals surface area contributed by atoms with E-state index in [1.54, 1.807) is 36.3 Å². The van der Waals surface area contributed by atoms with Crippen molar-refractivity contribution in [2.45, 2.75) is 25.9 Å². The van der Waals surface area contributed by atoms with E-state index in [-0.39, 0.29) is 24.1 Å². The lowest BCUT2D eigenvalue weighted by Crippen LogP contribution is -2.20. The van der Waals surface area contributed by atoms with Crippen LogP contribution in [0.3, 0.4) is 0 Å². The SMILES string of the molecule is CC(C)n1c2cc(Nc3ncc(-c4nc(-c5ccccn5)no4)c(N[C@H](CO)c4ccccc4)n3)ccc2c(=O)n1C. The fourth-order valence-corrected chi connectivity index (χ4v) is 4.89. The Morgan fingerprint density at radius 3 is 2.55 bits per heavy atom. The molecule has 12 nitrogen and oxygen atoms in total. The highest BCUT2D eigenvalue weighted by Gasteiger charge is 2.21. The van der Waals surface area contributed by atoms with E-state index in [2.05, 4.69) is 30.7 Å². The van der Waals surface area contributed by atoms with E-state index < -0.39 is 6.04 Å². The van der Waals surface area contributed by atoms with Crippen LogP contribution >= 0.6 is 0 Å². The lowest BCUT2D eigenvalue weighted by Gasteiger charge is -2.19. The molecule has 0 saturated heterocycles. The Hall–Kier alpha value is -5.36. The Balaban J connectivity index is 1.39. The summed E-state index contributed by atoms with van der Waals surface area (Å²) in [5, 5.41) is 21.5. The highest BCUT2D eigenvalue weighted by atomic mass is 16.5. The first-order chi connectivity index (χ1) is 20.4. The van der Waals surface area contributed by atoms with Crippen molar-refractivity contribution in [2.75, 3.05) is 17.2 Å². The fourth-order valence-electron chi connectivity index (χ4n) is 4.89. The Kier molecular flexibility index (Phi) is 7.19. The number of aromatic nitrogens is 7. The van der Waals surface area contributed by atoms with Crippen molar-refractivity contribution < 1.29 is 9.63 Å². The van der Waals surface area contributed by atoms with Crippen molar-refractivity contribution in [3.63, 3.8) is 0 Å². The molecule has 0 saturated carbocycles. The molecule has 0 aliphatic carbocycles. The molecule has 4 aromatic heterocycles. The first kappa shape index (κ1) is 26.8. The van der Waals surface area contributed by atoms with Crippen LogP contribution in [0.15, 0.2) is 88.4 Å². The van der Waals surface area contributed by atoms with Crippen LogP contribution in [0.2, 0.25) is 0 Å². The number of hydrogen-bond donors (Lipinski definition) is 3. The molecule has 0 bridgehead atoms. The second-order valence-corrected chi connectivity index (χ2v) is 10.0. The average molecular weight is 564 g/mol. The zero-order valence-corrected chi connectivity index (χ0v) is 23.3. The van der Waals surface area contributed by atoms with Crippen LogP contribution in [-0.2, 0) is 7.05 Å². The van der Waals surface area contributed by atoms with Gasteiger partial charge in [0.15, 0.2) is 0 Å². The highest BCUT2D eigenvalue weighted by molar-refractivity contribution is 5.83. The van der Waals surface area contributed by atoms with Gasteiger partial charge in [-0.3, -0.25) is 19.1 Å². The molecule has 0 amide bonds. The summed E-state index contributed by atoms with van der Waals surface area (Å²) in [7, 11) is 1.76. The second kappa shape index (κ2) is 11.3. The highest BCUT2D eigenvalue weighted by Crippen LogP contribution is 2.31. The van der Waals surface area contributed by atoms with Crippen molar-refractivity contribution >= 4 is 28.4 Å². The maximum atomic E-state index is 12.7. The summed E-state index contributed by atoms with van der Waals surface area (Å²) in [5.41, 5.74) is 3.34. The van der Waals surface area contributed by atoms with Crippen LogP contribution in [0.25, 0.3) is 33.9 Å². The van der Waals surface area contributed by atoms with Gasteiger partial charge in [0, 0.05) is 31.2 Å². The molecule has 212 valence electrons. The van der Waals surface area contributed by atoms with Crippen LogP contribution in [0, 0.1) is 0 Å². The summed E-state index contributed by atoms with van der Waals surface area (Å²) in [4.78, 5) is 30.8. The minimum Gasteiger partial charge on any atom is -0.394 e. The third-order valence-corrected chi connectivity index (χ3v) is 6.87. The van der Waals surface area contributed by atoms with Gasteiger partial charge in [-0.2, -0.15) is 9.97 Å². The molecule has 42 heavy (non-hydrogen) atoms. The monoisotopic (exact) mass is 563 g/mol. The van der Waals surface area contributed by atoms with Gasteiger partial charge < -0.3 is 20.3 Å². The number of nitrogens with zero attached hydrogens (tertiary/aromatic N) is 7. The minimum absolute atomic E-state index is 0.0575. The lowest BCUT2D eigenvalue weighted by atomic mass is 10.1. The Morgan fingerprint density at radius 1 is 1.00 bits per heavy atom. The second-order valence-electron chi connectivity index (χ2n) is 10.0. The van der Waals surface area contributed by atoms with Gasteiger partial charge in [-0.15, -0.1) is 0 Å². The summed E-state index contributed by atoms with van der Waals surface area (Å²) >= 11 is 0. The molecule has 0 aliphatic rings. The maximum Gasteiger partial charge on any atom is 0.274 e. The number of aliphatic hydroxyl groups is 1. The Bertz CT molecular complexity index is 1900. The number of nitrogens with one attached hydrogen (secondary N) is 2. The molecule has 0 aliphatic heterocycles. The number of aliphatic hydroxyl groups excluding tert-OH is 1. The minimum atomic E-state index is -0.466. The van der Waals surface area contributed by atoms with E-state index in [0.717, 1.165) is 11.1 Å². The first-order valence-corrected chi connectivity index (χ1v) is 13.5. The zero-order valence-electron chi connectivity index (χ0n) is 23.3. The topological polar surface area (TPSA) is 149 Å². The van der Waals surface area contributed by atoms with Gasteiger partial charge in [-0.25, -0.2) is 4.98 Å².